The molecule has 0 spiro atoms. The minimum absolute atomic E-state index is 0.0164. The first-order chi connectivity index (χ1) is 25.1. The second kappa shape index (κ2) is 21.9. The van der Waals surface area contributed by atoms with Crippen LogP contribution in [0.1, 0.15) is 24.0 Å². The van der Waals surface area contributed by atoms with E-state index in [2.05, 4.69) is 47.6 Å². The number of aliphatic carboxylic acids is 2. The van der Waals surface area contributed by atoms with Crippen molar-refractivity contribution in [2.24, 2.45) is 0 Å². The number of aromatic hydroxyl groups is 2. The molecule has 0 saturated carbocycles. The van der Waals surface area contributed by atoms with E-state index in [-0.39, 0.29) is 48.0 Å². The van der Waals surface area contributed by atoms with Gasteiger partial charge in [-0.1, -0.05) is 50.6 Å². The van der Waals surface area contributed by atoms with Gasteiger partial charge in [-0.25, -0.2) is 14.4 Å². The molecule has 0 unspecified atom stereocenters. The van der Waals surface area contributed by atoms with Gasteiger partial charge in [-0.3, -0.25) is 9.59 Å². The Morgan fingerprint density at radius 1 is 0.698 bits per heavy atom. The summed E-state index contributed by atoms with van der Waals surface area (Å²) >= 11 is 2.52. The van der Waals surface area contributed by atoms with Gasteiger partial charge < -0.3 is 46.4 Å². The predicted molar refractivity (Wildman–Crippen MR) is 206 cm³/mol. The van der Waals surface area contributed by atoms with E-state index in [0.29, 0.717) is 16.9 Å². The van der Waals surface area contributed by atoms with Crippen LogP contribution in [0.5, 0.6) is 11.5 Å². The molecule has 3 amide bonds. The molecule has 0 fully saturated rings. The molecule has 286 valence electrons. The van der Waals surface area contributed by atoms with Gasteiger partial charge in [0.15, 0.2) is 5.60 Å². The lowest BCUT2D eigenvalue weighted by molar-refractivity contribution is -0.142. The lowest BCUT2D eigenvalue weighted by Crippen LogP contribution is -2.53. The molecule has 2 aromatic rings. The normalized spacial score (nSPS) is 13.2. The van der Waals surface area contributed by atoms with Crippen LogP contribution in [-0.2, 0) is 36.8 Å². The molecule has 0 saturated heterocycles. The maximum atomic E-state index is 13.5. The summed E-state index contributed by atoms with van der Waals surface area (Å²) in [6, 6.07) is 7.21. The van der Waals surface area contributed by atoms with Gasteiger partial charge in [0, 0.05) is 18.6 Å². The number of benzene rings is 2. The highest BCUT2D eigenvalue weighted by Gasteiger charge is 2.31. The van der Waals surface area contributed by atoms with Crippen LogP contribution in [0, 0.1) is 0 Å². The van der Waals surface area contributed by atoms with E-state index in [0.717, 1.165) is 11.8 Å². The quantitative estimate of drug-likeness (QED) is 0.0714. The van der Waals surface area contributed by atoms with Crippen molar-refractivity contribution in [2.45, 2.75) is 55.5 Å². The fraction of sp³-hybridized carbons (Fsp3) is 0.324. The molecule has 14 nitrogen and oxygen atoms in total. The van der Waals surface area contributed by atoms with Crippen LogP contribution < -0.4 is 21.3 Å². The Bertz CT molecular complexity index is 1600. The second-order valence-electron chi connectivity index (χ2n) is 11.6. The third-order valence-corrected chi connectivity index (χ3v) is 9.31. The molecule has 0 aliphatic heterocycles. The van der Waals surface area contributed by atoms with E-state index in [1.54, 1.807) is 12.1 Å². The number of carboxylic acid groups (broad SMARTS) is 2. The van der Waals surface area contributed by atoms with Crippen molar-refractivity contribution >= 4 is 53.4 Å². The number of ether oxygens (including phenoxy) is 1. The Labute approximate surface area is 316 Å². The number of amides is 3. The number of carbonyl (C=O) groups excluding carboxylic acids is 3. The van der Waals surface area contributed by atoms with Crippen molar-refractivity contribution in [1.29, 1.82) is 0 Å². The van der Waals surface area contributed by atoms with Crippen molar-refractivity contribution in [1.82, 2.24) is 21.3 Å². The molecular formula is C37H46N4O10S2. The summed E-state index contributed by atoms with van der Waals surface area (Å²) in [4.78, 5) is 63.6. The van der Waals surface area contributed by atoms with Gasteiger partial charge in [-0.2, -0.15) is 11.8 Å². The number of carbonyl (C=O) groups is 5. The molecule has 0 heterocycles. The lowest BCUT2D eigenvalue weighted by Gasteiger charge is -2.26. The van der Waals surface area contributed by atoms with E-state index < -0.39 is 59.6 Å². The minimum atomic E-state index is -1.43. The second-order valence-corrected chi connectivity index (χ2v) is 13.8. The fourth-order valence-electron chi connectivity index (χ4n) is 4.69. The average Bonchev–Trinajstić information content (AvgIpc) is 3.12. The van der Waals surface area contributed by atoms with Gasteiger partial charge in [-0.05, 0) is 78.5 Å². The topological polar surface area (TPSA) is 224 Å². The fourth-order valence-corrected chi connectivity index (χ4v) is 5.99. The number of carboxylic acids is 2. The molecular weight excluding hydrogens is 725 g/mol. The van der Waals surface area contributed by atoms with Crippen molar-refractivity contribution in [3.05, 3.63) is 109 Å². The molecule has 0 aliphatic rings. The number of thioether (sulfide) groups is 2. The first kappa shape index (κ1) is 43.8. The molecule has 0 aliphatic carbocycles. The Kier molecular flexibility index (Phi) is 18.1. The summed E-state index contributed by atoms with van der Waals surface area (Å²) in [5.74, 6) is -3.31. The standard InChI is InChI=1S/C37H46N4O10S2/c1-6-37(7-2,8-3)51-36(50)41-31(22-25-11-15-27(43)16-12-25)33(45)40-29(35(48)49)18-20-53-23(4)38-30(21-24-9-13-26(42)14-10-24)32(44)39-28(34(46)47)17-19-52-5/h6-16,28-31,38,42-43H,1-4,17-22H2,5H3,(H,39,44)(H,40,45)(H,41,50)(H,46,47)(H,48,49)/t28-,29-,30-,31-/m0/s1. The summed E-state index contributed by atoms with van der Waals surface area (Å²) in [5, 5.41) is 49.6. The lowest BCUT2D eigenvalue weighted by atomic mass is 10.0. The molecule has 16 heteroatoms. The first-order valence-electron chi connectivity index (χ1n) is 16.2. The highest BCUT2D eigenvalue weighted by molar-refractivity contribution is 8.03. The van der Waals surface area contributed by atoms with Crippen LogP contribution in [0.2, 0.25) is 0 Å². The minimum Gasteiger partial charge on any atom is -0.508 e. The molecule has 2 aromatic carbocycles. The molecule has 4 atom stereocenters. The number of alkyl carbamates (subject to hydrolysis) is 1. The van der Waals surface area contributed by atoms with Crippen molar-refractivity contribution in [2.75, 3.05) is 17.8 Å². The first-order valence-corrected chi connectivity index (χ1v) is 18.6. The van der Waals surface area contributed by atoms with E-state index in [9.17, 15) is 44.4 Å². The third kappa shape index (κ3) is 15.0. The van der Waals surface area contributed by atoms with E-state index in [1.807, 2.05) is 6.26 Å². The Balaban J connectivity index is 2.15. The van der Waals surface area contributed by atoms with Gasteiger partial charge in [0.2, 0.25) is 11.8 Å². The third-order valence-electron chi connectivity index (χ3n) is 7.76. The summed E-state index contributed by atoms with van der Waals surface area (Å²) in [6.07, 6.45) is 4.77. The zero-order valence-electron chi connectivity index (χ0n) is 29.3. The van der Waals surface area contributed by atoms with Crippen molar-refractivity contribution in [3.63, 3.8) is 0 Å². The van der Waals surface area contributed by atoms with E-state index in [4.69, 9.17) is 4.74 Å². The van der Waals surface area contributed by atoms with Gasteiger partial charge in [0.1, 0.15) is 35.7 Å². The highest BCUT2D eigenvalue weighted by atomic mass is 32.2. The van der Waals surface area contributed by atoms with Gasteiger partial charge in [0.05, 0.1) is 5.03 Å². The number of phenolic OH excluding ortho intramolecular Hbond substituents is 2. The highest BCUT2D eigenvalue weighted by Crippen LogP contribution is 2.19. The van der Waals surface area contributed by atoms with Crippen molar-refractivity contribution < 1.29 is 49.1 Å². The zero-order chi connectivity index (χ0) is 39.6. The zero-order valence-corrected chi connectivity index (χ0v) is 30.9. The maximum Gasteiger partial charge on any atom is 0.409 e. The van der Waals surface area contributed by atoms with E-state index in [1.165, 1.54) is 66.4 Å². The molecule has 0 radical (unpaired) electrons. The monoisotopic (exact) mass is 770 g/mol. The number of hydrogen-bond donors (Lipinski definition) is 8. The number of nitrogens with one attached hydrogen (secondary N) is 4. The summed E-state index contributed by atoms with van der Waals surface area (Å²) in [7, 11) is 0. The Morgan fingerprint density at radius 2 is 1.11 bits per heavy atom. The Hall–Kier alpha value is -5.35. The van der Waals surface area contributed by atoms with E-state index >= 15 is 0 Å². The molecule has 0 bridgehead atoms. The van der Waals surface area contributed by atoms with Gasteiger partial charge in [0.25, 0.3) is 0 Å². The largest absolute Gasteiger partial charge is 0.508 e. The van der Waals surface area contributed by atoms with Crippen molar-refractivity contribution in [3.8, 4) is 11.5 Å². The van der Waals surface area contributed by atoms with Crippen LogP contribution in [0.25, 0.3) is 0 Å². The van der Waals surface area contributed by atoms with Crippen LogP contribution in [0.15, 0.2) is 98.1 Å². The molecule has 8 N–H and O–H groups in total. The summed E-state index contributed by atoms with van der Waals surface area (Å²) in [6.45, 7) is 14.8. The summed E-state index contributed by atoms with van der Waals surface area (Å²) < 4.78 is 5.38. The molecule has 53 heavy (non-hydrogen) atoms. The predicted octanol–water partition coefficient (Wildman–Crippen LogP) is 3.72. The van der Waals surface area contributed by atoms with Gasteiger partial charge >= 0.3 is 18.0 Å². The Morgan fingerprint density at radius 3 is 1.51 bits per heavy atom. The average molecular weight is 771 g/mol. The summed E-state index contributed by atoms with van der Waals surface area (Å²) in [5.41, 5.74) is -0.224. The van der Waals surface area contributed by atoms with Crippen LogP contribution >= 0.6 is 23.5 Å². The van der Waals surface area contributed by atoms with Gasteiger partial charge in [-0.15, -0.1) is 11.8 Å². The van der Waals surface area contributed by atoms with Crippen LogP contribution in [0.3, 0.4) is 0 Å². The molecule has 2 rings (SSSR count). The van der Waals surface area contributed by atoms with Crippen LogP contribution in [0.4, 0.5) is 4.79 Å². The SMILES string of the molecule is C=CC(C=C)(C=C)OC(=O)N[C@@H](Cc1ccc(O)cc1)C(=O)N[C@@H](CCSC(=C)N[C@@H](Cc1ccc(O)cc1)C(=O)N[C@@H](CCSC)C(=O)O)C(=O)O. The number of phenols is 2. The maximum absolute atomic E-state index is 13.5. The number of hydrogen-bond acceptors (Lipinski definition) is 11. The molecule has 0 aromatic heterocycles. The number of rotatable bonds is 24. The smallest absolute Gasteiger partial charge is 0.409 e. The van der Waals surface area contributed by atoms with Crippen LogP contribution in [-0.4, -0.2) is 97.8 Å².